The third-order valence-corrected chi connectivity index (χ3v) is 3.92. The van der Waals surface area contributed by atoms with Gasteiger partial charge in [0, 0.05) is 25.2 Å². The van der Waals surface area contributed by atoms with Crippen molar-refractivity contribution in [1.29, 1.82) is 0 Å². The van der Waals surface area contributed by atoms with Crippen LogP contribution in [0.1, 0.15) is 13.8 Å². The van der Waals surface area contributed by atoms with Gasteiger partial charge in [0.25, 0.3) is 0 Å². The van der Waals surface area contributed by atoms with E-state index in [2.05, 4.69) is 39.4 Å². The summed E-state index contributed by atoms with van der Waals surface area (Å²) in [4.78, 5) is 4.57. The van der Waals surface area contributed by atoms with Crippen LogP contribution < -0.4 is 4.90 Å². The molecule has 15 heavy (non-hydrogen) atoms. The molecule has 0 radical (unpaired) electrons. The molecule has 6 heteroatoms. The van der Waals surface area contributed by atoms with Gasteiger partial charge in [-0.1, -0.05) is 11.6 Å². The maximum absolute atomic E-state index is 5.98. The van der Waals surface area contributed by atoms with Crippen LogP contribution in [0, 0.1) is 0 Å². The number of hydrogen-bond donors (Lipinski definition) is 0. The first-order valence-electron chi connectivity index (χ1n) is 4.95. The van der Waals surface area contributed by atoms with Crippen LogP contribution in [0.25, 0.3) is 0 Å². The Balaban J connectivity index is 2.17. The second kappa shape index (κ2) is 3.88. The van der Waals surface area contributed by atoms with Gasteiger partial charge in [-0.25, -0.2) is 0 Å². The van der Waals surface area contributed by atoms with Crippen molar-refractivity contribution in [3.63, 3.8) is 0 Å². The van der Waals surface area contributed by atoms with E-state index in [1.165, 1.54) is 11.7 Å². The average Bonchev–Trinajstić information content (AvgIpc) is 2.56. The number of aromatic nitrogens is 2. The van der Waals surface area contributed by atoms with Crippen LogP contribution in [0.15, 0.2) is 0 Å². The minimum Gasteiger partial charge on any atom is -0.350 e. The summed E-state index contributed by atoms with van der Waals surface area (Å²) in [6.07, 6.45) is 0. The van der Waals surface area contributed by atoms with Gasteiger partial charge in [0.05, 0.1) is 11.7 Å². The van der Waals surface area contributed by atoms with Gasteiger partial charge in [-0.15, -0.1) is 0 Å². The second-order valence-electron chi connectivity index (χ2n) is 4.53. The highest BCUT2D eigenvalue weighted by Crippen LogP contribution is 2.28. The molecule has 0 amide bonds. The molecule has 0 aromatic carbocycles. The summed E-state index contributed by atoms with van der Waals surface area (Å²) in [5.41, 5.74) is 0.158. The maximum Gasteiger partial charge on any atom is 0.187 e. The third-order valence-electron chi connectivity index (χ3n) is 3.05. The maximum atomic E-state index is 5.98. The van der Waals surface area contributed by atoms with Gasteiger partial charge < -0.3 is 4.90 Å². The minimum absolute atomic E-state index is 0.158. The Labute approximate surface area is 99.2 Å². The predicted octanol–water partition coefficient (Wildman–Crippen LogP) is 1.72. The molecule has 4 nitrogen and oxygen atoms in total. The Kier molecular flexibility index (Phi) is 2.87. The van der Waals surface area contributed by atoms with E-state index in [4.69, 9.17) is 11.6 Å². The van der Waals surface area contributed by atoms with Crippen molar-refractivity contribution in [1.82, 2.24) is 13.6 Å². The van der Waals surface area contributed by atoms with E-state index in [-0.39, 0.29) is 5.54 Å². The molecule has 0 unspecified atom stereocenters. The first-order chi connectivity index (χ1) is 7.00. The van der Waals surface area contributed by atoms with E-state index in [1.807, 2.05) is 0 Å². The smallest absolute Gasteiger partial charge is 0.187 e. The van der Waals surface area contributed by atoms with Crippen LogP contribution in [-0.4, -0.2) is 45.9 Å². The summed E-state index contributed by atoms with van der Waals surface area (Å²) in [5, 5.41) is 0.528. The normalized spacial score (nSPS) is 22.0. The van der Waals surface area contributed by atoms with Crippen LogP contribution in [0.5, 0.6) is 0 Å². The highest BCUT2D eigenvalue weighted by molar-refractivity contribution is 6.99. The van der Waals surface area contributed by atoms with Gasteiger partial charge in [0.2, 0.25) is 0 Å². The number of rotatable bonds is 1. The highest BCUT2D eigenvalue weighted by Gasteiger charge is 2.32. The van der Waals surface area contributed by atoms with Crippen molar-refractivity contribution < 1.29 is 0 Å². The molecule has 0 atom stereocenters. The molecule has 1 aromatic rings. The fourth-order valence-corrected chi connectivity index (χ4v) is 2.56. The number of hydrogen-bond acceptors (Lipinski definition) is 5. The van der Waals surface area contributed by atoms with Gasteiger partial charge in [0.1, 0.15) is 0 Å². The van der Waals surface area contributed by atoms with E-state index < -0.39 is 0 Å². The first kappa shape index (κ1) is 11.1. The lowest BCUT2D eigenvalue weighted by Gasteiger charge is -2.45. The Morgan fingerprint density at radius 2 is 2.07 bits per heavy atom. The Hall–Kier alpha value is -0.390. The molecule has 1 fully saturated rings. The lowest BCUT2D eigenvalue weighted by molar-refractivity contribution is 0.138. The van der Waals surface area contributed by atoms with Gasteiger partial charge in [-0.3, -0.25) is 4.90 Å². The molecule has 84 valence electrons. The molecule has 1 aliphatic heterocycles. The number of anilines is 1. The van der Waals surface area contributed by atoms with E-state index >= 15 is 0 Å². The SMILES string of the molecule is CN1CCN(c2nsnc2Cl)CC1(C)C. The highest BCUT2D eigenvalue weighted by atomic mass is 35.5. The van der Waals surface area contributed by atoms with Gasteiger partial charge in [-0.05, 0) is 20.9 Å². The van der Waals surface area contributed by atoms with Crippen molar-refractivity contribution in [3.05, 3.63) is 5.15 Å². The van der Waals surface area contributed by atoms with Crippen LogP contribution in [0.2, 0.25) is 5.15 Å². The van der Waals surface area contributed by atoms with Gasteiger partial charge >= 0.3 is 0 Å². The molecule has 1 aliphatic rings. The summed E-state index contributed by atoms with van der Waals surface area (Å²) in [6.45, 7) is 7.39. The number of nitrogens with zero attached hydrogens (tertiary/aromatic N) is 4. The quantitative estimate of drug-likeness (QED) is 0.756. The fourth-order valence-electron chi connectivity index (χ4n) is 1.78. The molecule has 0 bridgehead atoms. The molecule has 2 rings (SSSR count). The standard InChI is InChI=1S/C9H15ClN4S/c1-9(2)6-14(5-4-13(9)3)8-7(10)11-15-12-8/h4-6H2,1-3H3. The van der Waals surface area contributed by atoms with Crippen molar-refractivity contribution >= 4 is 29.1 Å². The average molecular weight is 247 g/mol. The molecule has 0 saturated carbocycles. The lowest BCUT2D eigenvalue weighted by atomic mass is 10.00. The van der Waals surface area contributed by atoms with E-state index in [0.717, 1.165) is 25.5 Å². The lowest BCUT2D eigenvalue weighted by Crippen LogP contribution is -2.57. The van der Waals surface area contributed by atoms with Crippen LogP contribution >= 0.6 is 23.3 Å². The molecule has 1 aromatic heterocycles. The van der Waals surface area contributed by atoms with Crippen LogP contribution in [-0.2, 0) is 0 Å². The fraction of sp³-hybridized carbons (Fsp3) is 0.778. The zero-order valence-electron chi connectivity index (χ0n) is 9.20. The van der Waals surface area contributed by atoms with Crippen LogP contribution in [0.3, 0.4) is 0 Å². The van der Waals surface area contributed by atoms with Crippen molar-refractivity contribution in [2.75, 3.05) is 31.6 Å². The zero-order chi connectivity index (χ0) is 11.1. The number of likely N-dealkylation sites (N-methyl/N-ethyl adjacent to an activating group) is 1. The molecule has 0 N–H and O–H groups in total. The van der Waals surface area contributed by atoms with Gasteiger partial charge in [-0.2, -0.15) is 8.75 Å². The second-order valence-corrected chi connectivity index (χ2v) is 5.42. The van der Waals surface area contributed by atoms with Gasteiger partial charge in [0.15, 0.2) is 11.0 Å². The monoisotopic (exact) mass is 246 g/mol. The Morgan fingerprint density at radius 3 is 2.60 bits per heavy atom. The summed E-state index contributed by atoms with van der Waals surface area (Å²) < 4.78 is 8.24. The van der Waals surface area contributed by atoms with E-state index in [9.17, 15) is 0 Å². The summed E-state index contributed by atoms with van der Waals surface area (Å²) >= 11 is 7.16. The molecule has 1 saturated heterocycles. The third kappa shape index (κ3) is 2.09. The summed E-state index contributed by atoms with van der Waals surface area (Å²) in [6, 6.07) is 0. The van der Waals surface area contributed by atoms with E-state index in [0.29, 0.717) is 5.15 Å². The molecular formula is C9H15ClN4S. The largest absolute Gasteiger partial charge is 0.350 e. The molecule has 0 aliphatic carbocycles. The van der Waals surface area contributed by atoms with Crippen molar-refractivity contribution in [2.24, 2.45) is 0 Å². The van der Waals surface area contributed by atoms with Crippen molar-refractivity contribution in [2.45, 2.75) is 19.4 Å². The first-order valence-corrected chi connectivity index (χ1v) is 6.06. The Morgan fingerprint density at radius 1 is 1.33 bits per heavy atom. The van der Waals surface area contributed by atoms with E-state index in [1.54, 1.807) is 0 Å². The zero-order valence-corrected chi connectivity index (χ0v) is 10.8. The minimum atomic E-state index is 0.158. The summed E-state index contributed by atoms with van der Waals surface area (Å²) in [7, 11) is 2.15. The van der Waals surface area contributed by atoms with Crippen molar-refractivity contribution in [3.8, 4) is 0 Å². The van der Waals surface area contributed by atoms with Crippen LogP contribution in [0.4, 0.5) is 5.82 Å². The molecule has 0 spiro atoms. The predicted molar refractivity (Wildman–Crippen MR) is 63.8 cm³/mol. The topological polar surface area (TPSA) is 32.3 Å². The molecular weight excluding hydrogens is 232 g/mol. The summed E-state index contributed by atoms with van der Waals surface area (Å²) in [5.74, 6) is 0.836. The number of halogens is 1. The Bertz CT molecular complexity index is 352. The molecule has 2 heterocycles. The number of piperazine rings is 1.